The minimum atomic E-state index is -0.964. The molecule has 5 rings (SSSR count). The predicted octanol–water partition coefficient (Wildman–Crippen LogP) is 6.36. The summed E-state index contributed by atoms with van der Waals surface area (Å²) in [4.78, 5) is 26.6. The number of hydrogen-bond donors (Lipinski definition) is 1. The smallest absolute Gasteiger partial charge is 0.414 e. The molecule has 0 saturated carbocycles. The van der Waals surface area contributed by atoms with Crippen LogP contribution in [0.1, 0.15) is 53.7 Å². The second-order valence-corrected chi connectivity index (χ2v) is 10.3. The molecule has 174 valence electrons. The lowest BCUT2D eigenvalue weighted by Gasteiger charge is -2.40. The van der Waals surface area contributed by atoms with Gasteiger partial charge in [0.1, 0.15) is 6.61 Å². The maximum absolute atomic E-state index is 13.4. The zero-order chi connectivity index (χ0) is 24.0. The van der Waals surface area contributed by atoms with E-state index in [9.17, 15) is 14.7 Å². The first kappa shape index (κ1) is 22.2. The molecular formula is C29H29NO4. The van der Waals surface area contributed by atoms with Crippen molar-refractivity contribution in [3.8, 4) is 11.1 Å². The minimum Gasteiger partial charge on any atom is -0.478 e. The summed E-state index contributed by atoms with van der Waals surface area (Å²) in [6.45, 7) is 7.25. The molecule has 1 heterocycles. The fourth-order valence-corrected chi connectivity index (χ4v) is 5.22. The Morgan fingerprint density at radius 3 is 2.18 bits per heavy atom. The number of carboxylic acids is 1. The fourth-order valence-electron chi connectivity index (χ4n) is 5.22. The number of rotatable bonds is 3. The highest BCUT2D eigenvalue weighted by Crippen LogP contribution is 2.45. The Labute approximate surface area is 200 Å². The van der Waals surface area contributed by atoms with Crippen molar-refractivity contribution in [1.29, 1.82) is 0 Å². The van der Waals surface area contributed by atoms with E-state index in [1.54, 1.807) is 23.1 Å². The van der Waals surface area contributed by atoms with Crippen LogP contribution in [0.4, 0.5) is 10.5 Å². The lowest BCUT2D eigenvalue weighted by Crippen LogP contribution is -2.44. The highest BCUT2D eigenvalue weighted by molar-refractivity contribution is 5.93. The molecule has 5 nitrogen and oxygen atoms in total. The van der Waals surface area contributed by atoms with Crippen molar-refractivity contribution in [2.45, 2.75) is 33.1 Å². The van der Waals surface area contributed by atoms with E-state index >= 15 is 0 Å². The first-order valence-electron chi connectivity index (χ1n) is 11.7. The highest BCUT2D eigenvalue weighted by Gasteiger charge is 2.37. The van der Waals surface area contributed by atoms with E-state index in [1.807, 2.05) is 24.3 Å². The summed E-state index contributed by atoms with van der Waals surface area (Å²) in [5.41, 5.74) is 6.54. The average molecular weight is 456 g/mol. The number of ether oxygens (including phenoxy) is 1. The number of carbonyl (C=O) groups excluding carboxylic acids is 1. The number of carboxylic acid groups (broad SMARTS) is 1. The Morgan fingerprint density at radius 1 is 0.971 bits per heavy atom. The SMILES string of the molecule is CC(C)(C)C1Cc2cc(C(=O)O)ccc2N(C(=O)OCC2c3ccccc3-c3ccccc32)C1. The molecule has 2 aliphatic rings. The number of benzene rings is 3. The summed E-state index contributed by atoms with van der Waals surface area (Å²) in [6.07, 6.45) is 0.341. The number of carbonyl (C=O) groups is 2. The van der Waals surface area contributed by atoms with Crippen LogP contribution in [-0.2, 0) is 11.2 Å². The third-order valence-electron chi connectivity index (χ3n) is 7.27. The number of amides is 1. The number of aromatic carboxylic acids is 1. The second-order valence-electron chi connectivity index (χ2n) is 10.3. The molecule has 1 amide bonds. The minimum absolute atomic E-state index is 0.00610. The van der Waals surface area contributed by atoms with Crippen LogP contribution in [0.15, 0.2) is 66.7 Å². The molecule has 1 atom stereocenters. The molecule has 0 bridgehead atoms. The van der Waals surface area contributed by atoms with Crippen molar-refractivity contribution < 1.29 is 19.4 Å². The first-order valence-corrected chi connectivity index (χ1v) is 11.7. The van der Waals surface area contributed by atoms with E-state index in [0.29, 0.717) is 6.54 Å². The Bertz CT molecular complexity index is 1230. The Balaban J connectivity index is 1.42. The van der Waals surface area contributed by atoms with Crippen molar-refractivity contribution in [2.75, 3.05) is 18.1 Å². The molecular weight excluding hydrogens is 426 g/mol. The van der Waals surface area contributed by atoms with Crippen LogP contribution in [-0.4, -0.2) is 30.3 Å². The molecule has 0 saturated heterocycles. The van der Waals surface area contributed by atoms with Gasteiger partial charge in [0, 0.05) is 12.5 Å². The van der Waals surface area contributed by atoms with Crippen molar-refractivity contribution in [3.63, 3.8) is 0 Å². The Kier molecular flexibility index (Phi) is 5.43. The first-order chi connectivity index (χ1) is 16.2. The number of anilines is 1. The van der Waals surface area contributed by atoms with Crippen LogP contribution in [0.25, 0.3) is 11.1 Å². The monoisotopic (exact) mass is 455 g/mol. The summed E-state index contributed by atoms with van der Waals surface area (Å²) in [5.74, 6) is -0.786. The maximum Gasteiger partial charge on any atom is 0.414 e. The van der Waals surface area contributed by atoms with Gasteiger partial charge in [0.25, 0.3) is 0 Å². The van der Waals surface area contributed by atoms with Gasteiger partial charge in [0.05, 0.1) is 11.3 Å². The van der Waals surface area contributed by atoms with Crippen molar-refractivity contribution in [1.82, 2.24) is 0 Å². The third kappa shape index (κ3) is 3.85. The number of fused-ring (bicyclic) bond motifs is 4. The largest absolute Gasteiger partial charge is 0.478 e. The topological polar surface area (TPSA) is 66.8 Å². The van der Waals surface area contributed by atoms with Crippen LogP contribution in [0.2, 0.25) is 0 Å². The molecule has 1 unspecified atom stereocenters. The van der Waals surface area contributed by atoms with Gasteiger partial charge in [0.15, 0.2) is 0 Å². The van der Waals surface area contributed by atoms with Crippen molar-refractivity contribution >= 4 is 17.7 Å². The van der Waals surface area contributed by atoms with E-state index in [1.165, 1.54) is 22.3 Å². The van der Waals surface area contributed by atoms with Gasteiger partial charge in [-0.1, -0.05) is 69.3 Å². The molecule has 1 aliphatic heterocycles. The molecule has 1 aliphatic carbocycles. The standard InChI is InChI=1S/C29H29NO4/c1-29(2,3)20-15-19-14-18(27(31)32)12-13-26(19)30(16-20)28(33)34-17-25-23-10-6-4-8-21(23)22-9-5-7-11-24(22)25/h4-14,20,25H,15-17H2,1-3H3,(H,31,32). The quantitative estimate of drug-likeness (QED) is 0.499. The van der Waals surface area contributed by atoms with Crippen LogP contribution in [0.3, 0.4) is 0 Å². The van der Waals surface area contributed by atoms with Crippen LogP contribution >= 0.6 is 0 Å². The summed E-state index contributed by atoms with van der Waals surface area (Å²) in [6, 6.07) is 21.5. The highest BCUT2D eigenvalue weighted by atomic mass is 16.6. The number of hydrogen-bond acceptors (Lipinski definition) is 3. The van der Waals surface area contributed by atoms with E-state index in [-0.39, 0.29) is 35.5 Å². The summed E-state index contributed by atoms with van der Waals surface area (Å²) in [5, 5.41) is 9.45. The molecule has 5 heteroatoms. The van der Waals surface area contributed by atoms with E-state index in [4.69, 9.17) is 4.74 Å². The summed E-state index contributed by atoms with van der Waals surface area (Å²) in [7, 11) is 0. The van der Waals surface area contributed by atoms with Gasteiger partial charge < -0.3 is 9.84 Å². The predicted molar refractivity (Wildman–Crippen MR) is 132 cm³/mol. The Hall–Kier alpha value is -3.60. The molecule has 0 aromatic heterocycles. The summed E-state index contributed by atoms with van der Waals surface area (Å²) >= 11 is 0. The second kappa shape index (κ2) is 8.32. The van der Waals surface area contributed by atoms with Gasteiger partial charge in [-0.15, -0.1) is 0 Å². The maximum atomic E-state index is 13.4. The van der Waals surface area contributed by atoms with E-state index < -0.39 is 5.97 Å². The fraction of sp³-hybridized carbons (Fsp3) is 0.310. The van der Waals surface area contributed by atoms with Crippen LogP contribution in [0, 0.1) is 11.3 Å². The van der Waals surface area contributed by atoms with Gasteiger partial charge in [-0.05, 0) is 63.8 Å². The number of nitrogens with zero attached hydrogens (tertiary/aromatic N) is 1. The van der Waals surface area contributed by atoms with Crippen molar-refractivity contribution in [2.24, 2.45) is 11.3 Å². The molecule has 1 N–H and O–H groups in total. The van der Waals surface area contributed by atoms with Crippen LogP contribution in [0.5, 0.6) is 0 Å². The zero-order valence-electron chi connectivity index (χ0n) is 19.7. The molecule has 3 aromatic rings. The van der Waals surface area contributed by atoms with Gasteiger partial charge >= 0.3 is 12.1 Å². The van der Waals surface area contributed by atoms with Gasteiger partial charge in [-0.2, -0.15) is 0 Å². The zero-order valence-corrected chi connectivity index (χ0v) is 19.7. The lowest BCUT2D eigenvalue weighted by atomic mass is 9.74. The summed E-state index contributed by atoms with van der Waals surface area (Å²) < 4.78 is 5.95. The molecule has 0 radical (unpaired) electrons. The van der Waals surface area contributed by atoms with E-state index in [2.05, 4.69) is 45.0 Å². The lowest BCUT2D eigenvalue weighted by molar-refractivity contribution is 0.0696. The van der Waals surface area contributed by atoms with Gasteiger partial charge in [-0.3, -0.25) is 4.90 Å². The normalized spacial score (nSPS) is 17.0. The van der Waals surface area contributed by atoms with Gasteiger partial charge in [-0.25, -0.2) is 9.59 Å². The van der Waals surface area contributed by atoms with Crippen molar-refractivity contribution in [3.05, 3.63) is 89.0 Å². The Morgan fingerprint density at radius 2 is 1.59 bits per heavy atom. The molecule has 34 heavy (non-hydrogen) atoms. The average Bonchev–Trinajstić information content (AvgIpc) is 3.14. The molecule has 0 fully saturated rings. The van der Waals surface area contributed by atoms with E-state index in [0.717, 1.165) is 17.7 Å². The van der Waals surface area contributed by atoms with Gasteiger partial charge in [0.2, 0.25) is 0 Å². The molecule has 0 spiro atoms. The third-order valence-corrected chi connectivity index (χ3v) is 7.27. The van der Waals surface area contributed by atoms with Crippen LogP contribution < -0.4 is 4.90 Å². The molecule has 3 aromatic carbocycles.